The minimum Gasteiger partial charge on any atom is -0.353 e. The lowest BCUT2D eigenvalue weighted by molar-refractivity contribution is -0.130. The van der Waals surface area contributed by atoms with E-state index >= 15 is 0 Å². The van der Waals surface area contributed by atoms with E-state index in [1.807, 2.05) is 0 Å². The van der Waals surface area contributed by atoms with Gasteiger partial charge in [-0.25, -0.2) is 0 Å². The van der Waals surface area contributed by atoms with E-state index in [1.165, 1.54) is 38.5 Å². The molecular formula is C18H30N2O. The summed E-state index contributed by atoms with van der Waals surface area (Å²) in [7, 11) is 0. The van der Waals surface area contributed by atoms with Crippen molar-refractivity contribution in [2.45, 2.75) is 64.3 Å². The largest absolute Gasteiger partial charge is 0.353 e. The van der Waals surface area contributed by atoms with E-state index in [2.05, 4.69) is 17.6 Å². The quantitative estimate of drug-likeness (QED) is 0.839. The Bertz CT molecular complexity index is 378. The molecule has 0 unspecified atom stereocenters. The van der Waals surface area contributed by atoms with E-state index in [1.54, 1.807) is 0 Å². The number of carbonyl (C=O) groups excluding carboxylic acids is 1. The topological polar surface area (TPSA) is 41.1 Å². The lowest BCUT2D eigenvalue weighted by atomic mass is 9.48. The maximum atomic E-state index is 12.6. The fraction of sp³-hybridized carbons (Fsp3) is 0.944. The zero-order chi connectivity index (χ0) is 14.4. The molecule has 1 saturated heterocycles. The number of piperidine rings is 1. The molecule has 1 heterocycles. The first kappa shape index (κ1) is 14.0. The molecule has 0 aromatic rings. The molecule has 3 heteroatoms. The van der Waals surface area contributed by atoms with Gasteiger partial charge < -0.3 is 10.6 Å². The average Bonchev–Trinajstić information content (AvgIpc) is 2.46. The fourth-order valence-corrected chi connectivity index (χ4v) is 6.27. The SMILES string of the molecule is C[C@H](NC(=O)[C@@H]1CCCNC1)C12CC3CC(CC(C3)C1)C2. The number of amides is 1. The maximum absolute atomic E-state index is 12.6. The van der Waals surface area contributed by atoms with Crippen molar-refractivity contribution in [2.24, 2.45) is 29.1 Å². The van der Waals surface area contributed by atoms with Crippen LogP contribution in [0.5, 0.6) is 0 Å². The maximum Gasteiger partial charge on any atom is 0.224 e. The van der Waals surface area contributed by atoms with E-state index in [-0.39, 0.29) is 5.92 Å². The molecule has 5 rings (SSSR count). The van der Waals surface area contributed by atoms with Gasteiger partial charge >= 0.3 is 0 Å². The van der Waals surface area contributed by atoms with Crippen LogP contribution in [0.3, 0.4) is 0 Å². The fourth-order valence-electron chi connectivity index (χ4n) is 6.27. The van der Waals surface area contributed by atoms with Gasteiger partial charge in [-0.05, 0) is 88.0 Å². The summed E-state index contributed by atoms with van der Waals surface area (Å²) in [6, 6.07) is 0.375. The van der Waals surface area contributed by atoms with Crippen molar-refractivity contribution in [3.05, 3.63) is 0 Å². The van der Waals surface area contributed by atoms with Crippen LogP contribution in [0.15, 0.2) is 0 Å². The highest BCUT2D eigenvalue weighted by Crippen LogP contribution is 2.61. The predicted molar refractivity (Wildman–Crippen MR) is 83.8 cm³/mol. The van der Waals surface area contributed by atoms with Gasteiger partial charge in [0.1, 0.15) is 0 Å². The predicted octanol–water partition coefficient (Wildman–Crippen LogP) is 2.71. The molecule has 1 aliphatic heterocycles. The molecule has 0 aromatic carbocycles. The highest BCUT2D eigenvalue weighted by Gasteiger charge is 2.53. The Morgan fingerprint density at radius 3 is 2.29 bits per heavy atom. The summed E-state index contributed by atoms with van der Waals surface area (Å²) >= 11 is 0. The molecular weight excluding hydrogens is 260 g/mol. The van der Waals surface area contributed by atoms with Gasteiger partial charge in [0.25, 0.3) is 0 Å². The van der Waals surface area contributed by atoms with Crippen molar-refractivity contribution in [1.82, 2.24) is 10.6 Å². The van der Waals surface area contributed by atoms with Gasteiger partial charge in [0.15, 0.2) is 0 Å². The van der Waals surface area contributed by atoms with Crippen LogP contribution in [0.4, 0.5) is 0 Å². The Morgan fingerprint density at radius 1 is 1.14 bits per heavy atom. The lowest BCUT2D eigenvalue weighted by Crippen LogP contribution is -2.57. The molecule has 0 spiro atoms. The third kappa shape index (κ3) is 2.52. The van der Waals surface area contributed by atoms with Crippen LogP contribution < -0.4 is 10.6 Å². The van der Waals surface area contributed by atoms with Crippen LogP contribution in [0.1, 0.15) is 58.3 Å². The molecule has 0 aromatic heterocycles. The van der Waals surface area contributed by atoms with Crippen molar-refractivity contribution in [1.29, 1.82) is 0 Å². The van der Waals surface area contributed by atoms with Crippen LogP contribution in [0, 0.1) is 29.1 Å². The van der Waals surface area contributed by atoms with Crippen LogP contribution in [0.25, 0.3) is 0 Å². The van der Waals surface area contributed by atoms with Crippen LogP contribution in [0.2, 0.25) is 0 Å². The van der Waals surface area contributed by atoms with Crippen molar-refractivity contribution >= 4 is 5.91 Å². The Labute approximate surface area is 128 Å². The van der Waals surface area contributed by atoms with Crippen LogP contribution >= 0.6 is 0 Å². The molecule has 21 heavy (non-hydrogen) atoms. The van der Waals surface area contributed by atoms with E-state index in [0.29, 0.717) is 17.4 Å². The molecule has 0 radical (unpaired) electrons. The number of carbonyl (C=O) groups is 1. The summed E-state index contributed by atoms with van der Waals surface area (Å²) in [6.07, 6.45) is 10.8. The number of nitrogens with one attached hydrogen (secondary N) is 2. The monoisotopic (exact) mass is 290 g/mol. The van der Waals surface area contributed by atoms with Crippen molar-refractivity contribution in [3.8, 4) is 0 Å². The smallest absolute Gasteiger partial charge is 0.224 e. The number of rotatable bonds is 3. The van der Waals surface area contributed by atoms with E-state index < -0.39 is 0 Å². The Balaban J connectivity index is 1.42. The normalized spacial score (nSPS) is 46.3. The second-order valence-electron chi connectivity index (χ2n) is 8.55. The zero-order valence-corrected chi connectivity index (χ0v) is 13.4. The van der Waals surface area contributed by atoms with Crippen LogP contribution in [-0.4, -0.2) is 25.0 Å². The Hall–Kier alpha value is -0.570. The molecule has 4 saturated carbocycles. The molecule has 2 atom stereocenters. The summed E-state index contributed by atoms with van der Waals surface area (Å²) in [5, 5.41) is 6.79. The van der Waals surface area contributed by atoms with Crippen molar-refractivity contribution in [2.75, 3.05) is 13.1 Å². The summed E-state index contributed by atoms with van der Waals surface area (Å²) in [6.45, 7) is 4.25. The zero-order valence-electron chi connectivity index (χ0n) is 13.4. The highest BCUT2D eigenvalue weighted by molar-refractivity contribution is 5.79. The van der Waals surface area contributed by atoms with Crippen molar-refractivity contribution in [3.63, 3.8) is 0 Å². The van der Waals surface area contributed by atoms with Gasteiger partial charge in [-0.2, -0.15) is 0 Å². The van der Waals surface area contributed by atoms with Gasteiger partial charge in [0.05, 0.1) is 5.92 Å². The molecule has 4 bridgehead atoms. The molecule has 3 nitrogen and oxygen atoms in total. The van der Waals surface area contributed by atoms with Gasteiger partial charge in [-0.15, -0.1) is 0 Å². The second-order valence-corrected chi connectivity index (χ2v) is 8.55. The lowest BCUT2D eigenvalue weighted by Gasteiger charge is -2.59. The standard InChI is InChI=1S/C18H30N2O/c1-12(20-17(21)16-3-2-4-19-11-16)18-8-13-5-14(9-18)7-15(6-13)10-18/h12-16,19H,2-11H2,1H3,(H,20,21)/t12-,13?,14?,15?,16+,18?/m0/s1. The van der Waals surface area contributed by atoms with E-state index in [9.17, 15) is 4.79 Å². The Morgan fingerprint density at radius 2 is 1.76 bits per heavy atom. The van der Waals surface area contributed by atoms with Gasteiger partial charge in [0, 0.05) is 12.6 Å². The number of hydrogen-bond donors (Lipinski definition) is 2. The summed E-state index contributed by atoms with van der Waals surface area (Å²) in [5.41, 5.74) is 0.437. The Kier molecular flexibility index (Phi) is 3.52. The minimum atomic E-state index is 0.204. The molecule has 5 fully saturated rings. The van der Waals surface area contributed by atoms with Gasteiger partial charge in [0.2, 0.25) is 5.91 Å². The molecule has 4 aliphatic carbocycles. The van der Waals surface area contributed by atoms with E-state index in [0.717, 1.165) is 43.7 Å². The first-order chi connectivity index (χ1) is 10.1. The molecule has 5 aliphatic rings. The third-order valence-electron chi connectivity index (χ3n) is 7.03. The summed E-state index contributed by atoms with van der Waals surface area (Å²) < 4.78 is 0. The van der Waals surface area contributed by atoms with Gasteiger partial charge in [-0.1, -0.05) is 0 Å². The molecule has 118 valence electrons. The first-order valence-electron chi connectivity index (χ1n) is 9.16. The van der Waals surface area contributed by atoms with E-state index in [4.69, 9.17) is 0 Å². The summed E-state index contributed by atoms with van der Waals surface area (Å²) in [5.74, 6) is 3.41. The molecule has 1 amide bonds. The number of hydrogen-bond acceptors (Lipinski definition) is 2. The highest BCUT2D eigenvalue weighted by atomic mass is 16.2. The summed E-state index contributed by atoms with van der Waals surface area (Å²) in [4.78, 5) is 12.6. The third-order valence-corrected chi connectivity index (χ3v) is 7.03. The second kappa shape index (κ2) is 5.26. The molecule has 2 N–H and O–H groups in total. The first-order valence-corrected chi connectivity index (χ1v) is 9.16. The van der Waals surface area contributed by atoms with Crippen LogP contribution in [-0.2, 0) is 4.79 Å². The average molecular weight is 290 g/mol. The minimum absolute atomic E-state index is 0.204. The van der Waals surface area contributed by atoms with Crippen molar-refractivity contribution < 1.29 is 4.79 Å². The van der Waals surface area contributed by atoms with Gasteiger partial charge in [-0.3, -0.25) is 4.79 Å².